The van der Waals surface area contributed by atoms with Gasteiger partial charge in [0.25, 0.3) is 0 Å². The van der Waals surface area contributed by atoms with Gasteiger partial charge in [-0.05, 0) is 18.1 Å². The Morgan fingerprint density at radius 2 is 2.31 bits per heavy atom. The minimum atomic E-state index is 0.0603. The number of nitrogens with zero attached hydrogens (tertiary/aromatic N) is 2. The third-order valence-electron chi connectivity index (χ3n) is 1.94. The van der Waals surface area contributed by atoms with Gasteiger partial charge < -0.3 is 10.6 Å². The van der Waals surface area contributed by atoms with Crippen molar-refractivity contribution in [2.75, 3.05) is 18.4 Å². The highest BCUT2D eigenvalue weighted by molar-refractivity contribution is 5.76. The Bertz CT molecular complexity index is 313. The van der Waals surface area contributed by atoms with Gasteiger partial charge in [-0.1, -0.05) is 13.8 Å². The minimum absolute atomic E-state index is 0.0603. The molecule has 0 unspecified atom stereocenters. The molecule has 16 heavy (non-hydrogen) atoms. The van der Waals surface area contributed by atoms with Crippen LogP contribution in [0.1, 0.15) is 20.3 Å². The number of anilines is 1. The Morgan fingerprint density at radius 3 is 2.94 bits per heavy atom. The average Bonchev–Trinajstić information content (AvgIpc) is 2.28. The maximum atomic E-state index is 11.4. The van der Waals surface area contributed by atoms with Gasteiger partial charge in [-0.2, -0.15) is 5.10 Å². The average molecular weight is 222 g/mol. The van der Waals surface area contributed by atoms with Gasteiger partial charge in [0.1, 0.15) is 5.82 Å². The monoisotopic (exact) mass is 222 g/mol. The number of amides is 1. The molecule has 0 aromatic carbocycles. The van der Waals surface area contributed by atoms with Crippen molar-refractivity contribution >= 4 is 11.7 Å². The minimum Gasteiger partial charge on any atom is -0.368 e. The van der Waals surface area contributed by atoms with Crippen molar-refractivity contribution < 1.29 is 4.79 Å². The lowest BCUT2D eigenvalue weighted by molar-refractivity contribution is -0.120. The van der Waals surface area contributed by atoms with E-state index >= 15 is 0 Å². The lowest BCUT2D eigenvalue weighted by atomic mass is 10.2. The fraction of sp³-hybridized carbons (Fsp3) is 0.545. The third kappa shape index (κ3) is 5.29. The number of carbonyl (C=O) groups excluding carboxylic acids is 1. The van der Waals surface area contributed by atoms with E-state index in [1.807, 2.05) is 6.07 Å². The van der Waals surface area contributed by atoms with Crippen molar-refractivity contribution in [3.05, 3.63) is 18.3 Å². The summed E-state index contributed by atoms with van der Waals surface area (Å²) in [6.45, 7) is 5.43. The van der Waals surface area contributed by atoms with Crippen LogP contribution in [-0.2, 0) is 4.79 Å². The van der Waals surface area contributed by atoms with E-state index in [-0.39, 0.29) is 5.91 Å². The molecule has 0 spiro atoms. The zero-order chi connectivity index (χ0) is 11.8. The number of aromatic nitrogens is 2. The van der Waals surface area contributed by atoms with Gasteiger partial charge in [0, 0.05) is 25.7 Å². The topological polar surface area (TPSA) is 66.9 Å². The number of hydrogen-bond acceptors (Lipinski definition) is 4. The predicted molar refractivity (Wildman–Crippen MR) is 63.0 cm³/mol. The molecule has 0 bridgehead atoms. The Hall–Kier alpha value is -1.65. The van der Waals surface area contributed by atoms with Crippen LogP contribution in [0.15, 0.2) is 18.3 Å². The van der Waals surface area contributed by atoms with E-state index in [0.29, 0.717) is 24.7 Å². The summed E-state index contributed by atoms with van der Waals surface area (Å²) in [6, 6.07) is 3.62. The van der Waals surface area contributed by atoms with Crippen LogP contribution in [-0.4, -0.2) is 29.2 Å². The SMILES string of the molecule is CC(C)CNC(=O)CCNc1cccnn1. The second-order valence-electron chi connectivity index (χ2n) is 3.98. The first-order chi connectivity index (χ1) is 7.68. The van der Waals surface area contributed by atoms with Gasteiger partial charge in [-0.25, -0.2) is 0 Å². The smallest absolute Gasteiger partial charge is 0.221 e. The maximum absolute atomic E-state index is 11.4. The van der Waals surface area contributed by atoms with Gasteiger partial charge in [0.05, 0.1) is 0 Å². The zero-order valence-electron chi connectivity index (χ0n) is 9.73. The first-order valence-electron chi connectivity index (χ1n) is 5.46. The summed E-state index contributed by atoms with van der Waals surface area (Å²) in [7, 11) is 0. The first kappa shape index (κ1) is 12.4. The highest BCUT2D eigenvalue weighted by Gasteiger charge is 2.01. The number of carbonyl (C=O) groups is 1. The molecule has 0 aliphatic carbocycles. The molecule has 0 aliphatic heterocycles. The normalized spacial score (nSPS) is 10.2. The molecule has 1 rings (SSSR count). The van der Waals surface area contributed by atoms with Crippen LogP contribution in [0.5, 0.6) is 0 Å². The summed E-state index contributed by atoms with van der Waals surface area (Å²) in [5.41, 5.74) is 0. The molecule has 88 valence electrons. The molecular formula is C11H18N4O. The molecule has 5 nitrogen and oxygen atoms in total. The second-order valence-corrected chi connectivity index (χ2v) is 3.98. The lowest BCUT2D eigenvalue weighted by Gasteiger charge is -2.08. The molecule has 1 aromatic heterocycles. The summed E-state index contributed by atoms with van der Waals surface area (Å²) in [6.07, 6.45) is 2.06. The molecule has 1 heterocycles. The summed E-state index contributed by atoms with van der Waals surface area (Å²) in [4.78, 5) is 11.4. The number of rotatable bonds is 6. The van der Waals surface area contributed by atoms with Crippen molar-refractivity contribution in [1.29, 1.82) is 0 Å². The largest absolute Gasteiger partial charge is 0.368 e. The molecule has 0 fully saturated rings. The Balaban J connectivity index is 2.13. The van der Waals surface area contributed by atoms with E-state index in [1.54, 1.807) is 12.3 Å². The zero-order valence-corrected chi connectivity index (χ0v) is 9.73. The van der Waals surface area contributed by atoms with Gasteiger partial charge in [0.15, 0.2) is 0 Å². The number of hydrogen-bond donors (Lipinski definition) is 2. The highest BCUT2D eigenvalue weighted by Crippen LogP contribution is 1.97. The molecule has 0 atom stereocenters. The fourth-order valence-corrected chi connectivity index (χ4v) is 1.11. The molecule has 0 radical (unpaired) electrons. The summed E-state index contributed by atoms with van der Waals surface area (Å²) in [5, 5.41) is 13.5. The molecule has 5 heteroatoms. The lowest BCUT2D eigenvalue weighted by Crippen LogP contribution is -2.28. The van der Waals surface area contributed by atoms with Crippen LogP contribution in [0.3, 0.4) is 0 Å². The predicted octanol–water partition coefficient (Wildman–Crippen LogP) is 1.05. The standard InChI is InChI=1S/C11H18N4O/c1-9(2)8-13-11(16)5-7-12-10-4-3-6-14-15-10/h3-4,6,9H,5,7-8H2,1-2H3,(H,12,15)(H,13,16). The van der Waals surface area contributed by atoms with Crippen LogP contribution in [0.2, 0.25) is 0 Å². The molecule has 0 saturated carbocycles. The van der Waals surface area contributed by atoms with Gasteiger partial charge in [-0.15, -0.1) is 5.10 Å². The van der Waals surface area contributed by atoms with E-state index in [2.05, 4.69) is 34.7 Å². The van der Waals surface area contributed by atoms with Gasteiger partial charge in [-0.3, -0.25) is 4.79 Å². The molecule has 0 saturated heterocycles. The van der Waals surface area contributed by atoms with E-state index in [1.165, 1.54) is 0 Å². The van der Waals surface area contributed by atoms with Crippen molar-refractivity contribution in [3.63, 3.8) is 0 Å². The van der Waals surface area contributed by atoms with Crippen LogP contribution in [0.4, 0.5) is 5.82 Å². The van der Waals surface area contributed by atoms with E-state index in [4.69, 9.17) is 0 Å². The van der Waals surface area contributed by atoms with E-state index in [0.717, 1.165) is 6.54 Å². The summed E-state index contributed by atoms with van der Waals surface area (Å²) < 4.78 is 0. The van der Waals surface area contributed by atoms with Crippen LogP contribution in [0, 0.1) is 5.92 Å². The quantitative estimate of drug-likeness (QED) is 0.755. The third-order valence-corrected chi connectivity index (χ3v) is 1.94. The second kappa shape index (κ2) is 6.76. The van der Waals surface area contributed by atoms with Crippen molar-refractivity contribution in [3.8, 4) is 0 Å². The molecule has 2 N–H and O–H groups in total. The van der Waals surface area contributed by atoms with Crippen molar-refractivity contribution in [2.24, 2.45) is 5.92 Å². The molecule has 1 amide bonds. The summed E-state index contributed by atoms with van der Waals surface area (Å²) >= 11 is 0. The Labute approximate surface area is 95.7 Å². The van der Waals surface area contributed by atoms with Gasteiger partial charge >= 0.3 is 0 Å². The highest BCUT2D eigenvalue weighted by atomic mass is 16.1. The molecule has 0 aliphatic rings. The Kier molecular flexibility index (Phi) is 5.25. The van der Waals surface area contributed by atoms with E-state index < -0.39 is 0 Å². The fourth-order valence-electron chi connectivity index (χ4n) is 1.11. The summed E-state index contributed by atoms with van der Waals surface area (Å²) in [5.74, 6) is 1.24. The van der Waals surface area contributed by atoms with Crippen LogP contribution >= 0.6 is 0 Å². The molecular weight excluding hydrogens is 204 g/mol. The number of nitrogens with one attached hydrogen (secondary N) is 2. The molecule has 1 aromatic rings. The van der Waals surface area contributed by atoms with Gasteiger partial charge in [0.2, 0.25) is 5.91 Å². The van der Waals surface area contributed by atoms with E-state index in [9.17, 15) is 4.79 Å². The maximum Gasteiger partial charge on any atom is 0.221 e. The van der Waals surface area contributed by atoms with Crippen molar-refractivity contribution in [2.45, 2.75) is 20.3 Å². The Morgan fingerprint density at radius 1 is 1.50 bits per heavy atom. The van der Waals surface area contributed by atoms with Crippen LogP contribution < -0.4 is 10.6 Å². The van der Waals surface area contributed by atoms with Crippen LogP contribution in [0.25, 0.3) is 0 Å². The van der Waals surface area contributed by atoms with Crippen molar-refractivity contribution in [1.82, 2.24) is 15.5 Å². The first-order valence-corrected chi connectivity index (χ1v) is 5.46.